The predicted octanol–water partition coefficient (Wildman–Crippen LogP) is 9.76. The van der Waals surface area contributed by atoms with Gasteiger partial charge in [-0.05, 0) is 55.4 Å². The van der Waals surface area contributed by atoms with E-state index in [1.165, 1.54) is 0 Å². The van der Waals surface area contributed by atoms with Crippen LogP contribution in [-0.4, -0.2) is 105 Å². The van der Waals surface area contributed by atoms with E-state index in [1.54, 1.807) is 0 Å². The van der Waals surface area contributed by atoms with Crippen LogP contribution in [0.4, 0.5) is 0 Å². The third-order valence-corrected chi connectivity index (χ3v) is 9.11. The van der Waals surface area contributed by atoms with Crippen molar-refractivity contribution in [3.05, 3.63) is 0 Å². The van der Waals surface area contributed by atoms with E-state index in [4.69, 9.17) is 0 Å². The van der Waals surface area contributed by atoms with Crippen LogP contribution in [-0.2, 0) is 0 Å². The van der Waals surface area contributed by atoms with Crippen LogP contribution < -0.4 is 31.9 Å². The summed E-state index contributed by atoms with van der Waals surface area (Å²) in [5.74, 6) is 0.915. The Morgan fingerprint density at radius 2 is 0.774 bits per heavy atom. The van der Waals surface area contributed by atoms with Crippen LogP contribution in [0.2, 0.25) is 0 Å². The van der Waals surface area contributed by atoms with Gasteiger partial charge >= 0.3 is 0 Å². The van der Waals surface area contributed by atoms with Gasteiger partial charge in [-0.25, -0.2) is 0 Å². The van der Waals surface area contributed by atoms with Crippen molar-refractivity contribution in [2.24, 2.45) is 0 Å². The largest absolute Gasteiger partial charge is 0.313 e. The van der Waals surface area contributed by atoms with Crippen LogP contribution in [0.3, 0.4) is 0 Å². The summed E-state index contributed by atoms with van der Waals surface area (Å²) < 4.78 is 0.189. The molecular formula is C41H100N6S6. The summed E-state index contributed by atoms with van der Waals surface area (Å²) in [6.07, 6.45) is 0. The molecule has 0 saturated carbocycles. The van der Waals surface area contributed by atoms with Crippen molar-refractivity contribution in [1.82, 2.24) is 31.9 Å². The first kappa shape index (κ1) is 66.7. The van der Waals surface area contributed by atoms with E-state index in [9.17, 15) is 0 Å². The third-order valence-electron chi connectivity index (χ3n) is 6.94. The SMILES string of the molecule is CC(C)NC(C)C(C)(C)S.CC(C)NC(C)C(C)S.CC(C)NC(C)C(C)S.CC(C)NC(C)CS.CC(C)NCC(C)(C)S.CC(S)CNC(C)C. The monoisotopic (exact) mass is 869 g/mol. The van der Waals surface area contributed by atoms with Gasteiger partial charge < -0.3 is 31.9 Å². The molecule has 0 aromatic rings. The number of rotatable bonds is 18. The van der Waals surface area contributed by atoms with Gasteiger partial charge in [-0.2, -0.15) is 75.8 Å². The van der Waals surface area contributed by atoms with Crippen molar-refractivity contribution in [1.29, 1.82) is 0 Å². The van der Waals surface area contributed by atoms with Gasteiger partial charge in [0, 0.05) is 105 Å². The van der Waals surface area contributed by atoms with Gasteiger partial charge in [0.1, 0.15) is 0 Å². The highest BCUT2D eigenvalue weighted by molar-refractivity contribution is 7.82. The Morgan fingerprint density at radius 3 is 0.868 bits per heavy atom. The molecule has 330 valence electrons. The molecule has 0 rings (SSSR count). The van der Waals surface area contributed by atoms with Crippen LogP contribution >= 0.6 is 75.8 Å². The minimum Gasteiger partial charge on any atom is -0.313 e. The molecule has 7 atom stereocenters. The zero-order chi connectivity index (χ0) is 43.9. The summed E-state index contributed by atoms with van der Waals surface area (Å²) in [5.41, 5.74) is 0. The molecule has 53 heavy (non-hydrogen) atoms. The number of thiol groups is 6. The molecule has 0 aromatic carbocycles. The summed E-state index contributed by atoms with van der Waals surface area (Å²) in [4.78, 5) is 0. The van der Waals surface area contributed by atoms with Crippen molar-refractivity contribution in [2.75, 3.05) is 18.8 Å². The Morgan fingerprint density at radius 1 is 0.453 bits per heavy atom. The highest BCUT2D eigenvalue weighted by Crippen LogP contribution is 2.17. The highest BCUT2D eigenvalue weighted by atomic mass is 32.1. The lowest BCUT2D eigenvalue weighted by molar-refractivity contribution is 0.426. The van der Waals surface area contributed by atoms with Crippen LogP contribution in [0.5, 0.6) is 0 Å². The molecule has 6 N–H and O–H groups in total. The van der Waals surface area contributed by atoms with Crippen molar-refractivity contribution in [2.45, 2.75) is 245 Å². The van der Waals surface area contributed by atoms with Crippen molar-refractivity contribution < 1.29 is 0 Å². The molecule has 7 unspecified atom stereocenters. The second kappa shape index (κ2) is 39.3. The lowest BCUT2D eigenvalue weighted by Gasteiger charge is -2.28. The second-order valence-corrected chi connectivity index (χ2v) is 22.8. The van der Waals surface area contributed by atoms with Gasteiger partial charge in [0.05, 0.1) is 0 Å². The molecule has 0 amide bonds. The zero-order valence-electron chi connectivity index (χ0n) is 39.3. The molecule has 0 spiro atoms. The lowest BCUT2D eigenvalue weighted by Crippen LogP contribution is -2.44. The standard InChI is InChI=1S/C8H19NS.3C7H17NS.2C6H15NS/c1-6(2)9-7(3)8(4,5)10;1-6(2)8-5-7(3,4)9;2*1-5(2)8-6(3)7(4)9;1-5(2)7-6(3)4-8;1-5(2)7-4-6(3)8/h6-7,9-10H,1-5H3;6,8-9H,5H2,1-4H3;2*5-9H,1-4H3;2*5-8H,4H2,1-3H3. The normalized spacial score (nSPS) is 15.7. The van der Waals surface area contributed by atoms with Crippen molar-refractivity contribution >= 4 is 75.8 Å². The first-order chi connectivity index (χ1) is 23.6. The summed E-state index contributed by atoms with van der Waals surface area (Å²) in [7, 11) is 0. The average molecular weight is 870 g/mol. The van der Waals surface area contributed by atoms with Gasteiger partial charge in [0.2, 0.25) is 0 Å². The molecule has 0 fully saturated rings. The predicted molar refractivity (Wildman–Crippen MR) is 273 cm³/mol. The summed E-state index contributed by atoms with van der Waals surface area (Å²) >= 11 is 25.8. The molecule has 0 aliphatic carbocycles. The molecule has 0 bridgehead atoms. The minimum atomic E-state index is 0.0737. The van der Waals surface area contributed by atoms with Crippen LogP contribution in [0.15, 0.2) is 0 Å². The fourth-order valence-electron chi connectivity index (χ4n) is 3.52. The lowest BCUT2D eigenvalue weighted by atomic mass is 10.0. The number of hydrogen-bond acceptors (Lipinski definition) is 12. The molecule has 0 aliphatic heterocycles. The average Bonchev–Trinajstić information content (AvgIpc) is 2.94. The first-order valence-corrected chi connectivity index (χ1v) is 23.3. The summed E-state index contributed by atoms with van der Waals surface area (Å²) in [5, 5.41) is 21.4. The minimum absolute atomic E-state index is 0.0737. The van der Waals surface area contributed by atoms with Gasteiger partial charge in [-0.1, -0.05) is 104 Å². The molecular weight excluding hydrogens is 769 g/mol. The van der Waals surface area contributed by atoms with Crippen LogP contribution in [0.25, 0.3) is 0 Å². The second-order valence-electron chi connectivity index (χ2n) is 17.6. The maximum Gasteiger partial charge on any atom is 0.0224 e. The topological polar surface area (TPSA) is 72.2 Å². The summed E-state index contributed by atoms with van der Waals surface area (Å²) in [6, 6.07) is 5.42. The van der Waals surface area contributed by atoms with Crippen molar-refractivity contribution in [3.8, 4) is 0 Å². The van der Waals surface area contributed by atoms with E-state index in [0.717, 1.165) is 18.8 Å². The maximum atomic E-state index is 4.46. The van der Waals surface area contributed by atoms with E-state index < -0.39 is 0 Å². The highest BCUT2D eigenvalue weighted by Gasteiger charge is 2.20. The first-order valence-electron chi connectivity index (χ1n) is 20.2. The molecule has 12 heteroatoms. The van der Waals surface area contributed by atoms with E-state index in [-0.39, 0.29) is 9.49 Å². The van der Waals surface area contributed by atoms with E-state index in [2.05, 4.69) is 267 Å². The molecule has 6 nitrogen and oxygen atoms in total. The van der Waals surface area contributed by atoms with Crippen LogP contribution in [0, 0.1) is 0 Å². The Kier molecular flexibility index (Phi) is 49.5. The molecule has 0 heterocycles. The fraction of sp³-hybridized carbons (Fsp3) is 1.00. The van der Waals surface area contributed by atoms with Gasteiger partial charge in [0.25, 0.3) is 0 Å². The maximum absolute atomic E-state index is 4.46. The van der Waals surface area contributed by atoms with Gasteiger partial charge in [-0.3, -0.25) is 0 Å². The Hall–Kier alpha value is 1.86. The van der Waals surface area contributed by atoms with E-state index >= 15 is 0 Å². The fourth-order valence-corrected chi connectivity index (χ4v) is 4.06. The van der Waals surface area contributed by atoms with Crippen LogP contribution in [0.1, 0.15) is 159 Å². The van der Waals surface area contributed by atoms with Gasteiger partial charge in [-0.15, -0.1) is 0 Å². The molecule has 0 radical (unpaired) electrons. The molecule has 0 aliphatic rings. The Balaban J connectivity index is -0.000000125. The smallest absolute Gasteiger partial charge is 0.0224 e. The Bertz CT molecular complexity index is 697. The van der Waals surface area contributed by atoms with E-state index in [1.807, 2.05) is 0 Å². The number of nitrogens with one attached hydrogen (secondary N) is 6. The quantitative estimate of drug-likeness (QED) is 0.0631. The molecule has 0 saturated heterocycles. The van der Waals surface area contributed by atoms with Crippen molar-refractivity contribution in [3.63, 3.8) is 0 Å². The molecule has 0 aromatic heterocycles. The number of hydrogen-bond donors (Lipinski definition) is 12. The van der Waals surface area contributed by atoms with Gasteiger partial charge in [0.15, 0.2) is 0 Å². The van der Waals surface area contributed by atoms with E-state index in [0.29, 0.717) is 76.2 Å². The Labute approximate surface area is 369 Å². The summed E-state index contributed by atoms with van der Waals surface area (Å²) in [6.45, 7) is 51.0. The third kappa shape index (κ3) is 72.0. The zero-order valence-corrected chi connectivity index (χ0v) is 44.7.